The normalized spacial score (nSPS) is 17.7. The Bertz CT molecular complexity index is 387. The van der Waals surface area contributed by atoms with E-state index in [9.17, 15) is 5.11 Å². The summed E-state index contributed by atoms with van der Waals surface area (Å²) in [7, 11) is 3.15. The van der Waals surface area contributed by atoms with Crippen LogP contribution in [0.5, 0.6) is 11.5 Å². The number of rotatable bonds is 5. The molecule has 0 aromatic heterocycles. The third kappa shape index (κ3) is 2.93. The average Bonchev–Trinajstić information content (AvgIpc) is 2.90. The summed E-state index contributed by atoms with van der Waals surface area (Å²) in [6.45, 7) is 1.15. The average molecular weight is 254 g/mol. The fourth-order valence-corrected chi connectivity index (χ4v) is 1.95. The third-order valence-corrected chi connectivity index (χ3v) is 2.90. The standard InChI is InChI=1S/C13H18O5/c1-15-9-3-4-12(16-2)10(7-9)11(14)8-13-17-5-6-18-13/h3-4,7,11,13-14H,5-6,8H2,1-2H3. The van der Waals surface area contributed by atoms with Gasteiger partial charge >= 0.3 is 0 Å². The molecule has 1 N–H and O–H groups in total. The maximum atomic E-state index is 10.2. The van der Waals surface area contributed by atoms with Crippen molar-refractivity contribution in [2.75, 3.05) is 27.4 Å². The molecular weight excluding hydrogens is 236 g/mol. The quantitative estimate of drug-likeness (QED) is 0.863. The maximum Gasteiger partial charge on any atom is 0.160 e. The van der Waals surface area contributed by atoms with Gasteiger partial charge in [0.15, 0.2) is 6.29 Å². The first kappa shape index (κ1) is 13.1. The molecule has 1 saturated heterocycles. The van der Waals surface area contributed by atoms with Crippen LogP contribution in [0, 0.1) is 0 Å². The Labute approximate surface area is 106 Å². The molecule has 5 nitrogen and oxygen atoms in total. The zero-order valence-electron chi connectivity index (χ0n) is 10.6. The molecule has 1 heterocycles. The van der Waals surface area contributed by atoms with Gasteiger partial charge in [0.05, 0.1) is 33.5 Å². The van der Waals surface area contributed by atoms with Crippen LogP contribution in [0.3, 0.4) is 0 Å². The summed E-state index contributed by atoms with van der Waals surface area (Å²) in [5, 5.41) is 10.2. The van der Waals surface area contributed by atoms with Gasteiger partial charge in [-0.25, -0.2) is 0 Å². The molecule has 2 rings (SSSR count). The maximum absolute atomic E-state index is 10.2. The summed E-state index contributed by atoms with van der Waals surface area (Å²) in [6, 6.07) is 5.32. The SMILES string of the molecule is COc1ccc(OC)c(C(O)CC2OCCO2)c1. The van der Waals surface area contributed by atoms with E-state index < -0.39 is 6.10 Å². The second kappa shape index (κ2) is 6.04. The van der Waals surface area contributed by atoms with Crippen LogP contribution in [-0.4, -0.2) is 38.8 Å². The van der Waals surface area contributed by atoms with E-state index in [0.717, 1.165) is 0 Å². The lowest BCUT2D eigenvalue weighted by molar-refractivity contribution is -0.0710. The highest BCUT2D eigenvalue weighted by Crippen LogP contribution is 2.32. The van der Waals surface area contributed by atoms with Crippen molar-refractivity contribution in [1.82, 2.24) is 0 Å². The van der Waals surface area contributed by atoms with Gasteiger partial charge in [-0.3, -0.25) is 0 Å². The van der Waals surface area contributed by atoms with Crippen molar-refractivity contribution in [3.8, 4) is 11.5 Å². The fourth-order valence-electron chi connectivity index (χ4n) is 1.95. The lowest BCUT2D eigenvalue weighted by atomic mass is 10.0. The van der Waals surface area contributed by atoms with Crippen LogP contribution in [0.2, 0.25) is 0 Å². The van der Waals surface area contributed by atoms with Crippen molar-refractivity contribution in [3.63, 3.8) is 0 Å². The number of hydrogen-bond donors (Lipinski definition) is 1. The van der Waals surface area contributed by atoms with Crippen LogP contribution in [-0.2, 0) is 9.47 Å². The number of aliphatic hydroxyl groups is 1. The number of hydrogen-bond acceptors (Lipinski definition) is 5. The Morgan fingerprint density at radius 2 is 2.00 bits per heavy atom. The van der Waals surface area contributed by atoms with Gasteiger partial charge in [-0.1, -0.05) is 0 Å². The summed E-state index contributed by atoms with van der Waals surface area (Å²) < 4.78 is 21.0. The van der Waals surface area contributed by atoms with Gasteiger partial charge in [0, 0.05) is 12.0 Å². The van der Waals surface area contributed by atoms with Crippen LogP contribution in [0.4, 0.5) is 0 Å². The minimum absolute atomic E-state index is 0.351. The zero-order valence-corrected chi connectivity index (χ0v) is 10.6. The minimum atomic E-state index is -0.710. The van der Waals surface area contributed by atoms with E-state index in [-0.39, 0.29) is 6.29 Å². The lowest BCUT2D eigenvalue weighted by Crippen LogP contribution is -2.13. The van der Waals surface area contributed by atoms with Gasteiger partial charge in [-0.2, -0.15) is 0 Å². The van der Waals surface area contributed by atoms with Crippen LogP contribution in [0.1, 0.15) is 18.1 Å². The molecule has 1 fully saturated rings. The largest absolute Gasteiger partial charge is 0.497 e. The molecule has 5 heteroatoms. The molecular formula is C13H18O5. The molecule has 1 unspecified atom stereocenters. The van der Waals surface area contributed by atoms with Crippen LogP contribution >= 0.6 is 0 Å². The van der Waals surface area contributed by atoms with Crippen molar-refractivity contribution in [2.45, 2.75) is 18.8 Å². The molecule has 18 heavy (non-hydrogen) atoms. The highest BCUT2D eigenvalue weighted by molar-refractivity contribution is 5.41. The molecule has 1 aliphatic heterocycles. The van der Waals surface area contributed by atoms with Crippen molar-refractivity contribution < 1.29 is 24.1 Å². The number of benzene rings is 1. The van der Waals surface area contributed by atoms with Crippen molar-refractivity contribution in [3.05, 3.63) is 23.8 Å². The second-order valence-corrected chi connectivity index (χ2v) is 4.03. The summed E-state index contributed by atoms with van der Waals surface area (Å²) in [6.07, 6.45) is -0.683. The zero-order chi connectivity index (χ0) is 13.0. The fraction of sp³-hybridized carbons (Fsp3) is 0.538. The number of ether oxygens (including phenoxy) is 4. The van der Waals surface area contributed by atoms with Gasteiger partial charge in [-0.15, -0.1) is 0 Å². The molecule has 0 saturated carbocycles. The van der Waals surface area contributed by atoms with E-state index in [1.807, 2.05) is 0 Å². The highest BCUT2D eigenvalue weighted by atomic mass is 16.7. The van der Waals surface area contributed by atoms with E-state index in [1.165, 1.54) is 0 Å². The summed E-state index contributed by atoms with van der Waals surface area (Å²) in [5.41, 5.74) is 0.677. The van der Waals surface area contributed by atoms with Crippen LogP contribution < -0.4 is 9.47 Å². The first-order chi connectivity index (χ1) is 8.74. The topological polar surface area (TPSA) is 57.2 Å². The molecule has 0 spiro atoms. The van der Waals surface area contributed by atoms with Crippen molar-refractivity contribution in [2.24, 2.45) is 0 Å². The molecule has 1 aliphatic rings. The van der Waals surface area contributed by atoms with E-state index in [4.69, 9.17) is 18.9 Å². The Kier molecular flexibility index (Phi) is 4.41. The molecule has 0 aliphatic carbocycles. The monoisotopic (exact) mass is 254 g/mol. The van der Waals surface area contributed by atoms with Gasteiger partial charge in [0.25, 0.3) is 0 Å². The Hall–Kier alpha value is -1.30. The lowest BCUT2D eigenvalue weighted by Gasteiger charge is -2.18. The highest BCUT2D eigenvalue weighted by Gasteiger charge is 2.23. The van der Waals surface area contributed by atoms with E-state index in [2.05, 4.69) is 0 Å². The predicted octanol–water partition coefficient (Wildman–Crippen LogP) is 1.50. The van der Waals surface area contributed by atoms with E-state index in [1.54, 1.807) is 32.4 Å². The smallest absolute Gasteiger partial charge is 0.160 e. The first-order valence-electron chi connectivity index (χ1n) is 5.87. The van der Waals surface area contributed by atoms with Crippen molar-refractivity contribution >= 4 is 0 Å². The third-order valence-electron chi connectivity index (χ3n) is 2.90. The van der Waals surface area contributed by atoms with Crippen molar-refractivity contribution in [1.29, 1.82) is 0 Å². The van der Waals surface area contributed by atoms with Gasteiger partial charge in [0.1, 0.15) is 11.5 Å². The Morgan fingerprint density at radius 3 is 2.61 bits per heavy atom. The predicted molar refractivity (Wildman–Crippen MR) is 64.8 cm³/mol. The first-order valence-corrected chi connectivity index (χ1v) is 5.87. The number of aliphatic hydroxyl groups excluding tert-OH is 1. The second-order valence-electron chi connectivity index (χ2n) is 4.03. The van der Waals surface area contributed by atoms with Crippen LogP contribution in [0.25, 0.3) is 0 Å². The van der Waals surface area contributed by atoms with E-state index in [0.29, 0.717) is 36.7 Å². The molecule has 100 valence electrons. The molecule has 0 radical (unpaired) electrons. The molecule has 1 aromatic rings. The molecule has 1 atom stereocenters. The number of methoxy groups -OCH3 is 2. The Balaban J connectivity index is 2.13. The summed E-state index contributed by atoms with van der Waals surface area (Å²) >= 11 is 0. The molecule has 1 aromatic carbocycles. The van der Waals surface area contributed by atoms with Gasteiger partial charge < -0.3 is 24.1 Å². The van der Waals surface area contributed by atoms with Gasteiger partial charge in [0.2, 0.25) is 0 Å². The van der Waals surface area contributed by atoms with E-state index >= 15 is 0 Å². The van der Waals surface area contributed by atoms with Gasteiger partial charge in [-0.05, 0) is 18.2 Å². The molecule has 0 amide bonds. The summed E-state index contributed by atoms with van der Waals surface area (Å²) in [4.78, 5) is 0. The molecule has 0 bridgehead atoms. The van der Waals surface area contributed by atoms with Crippen LogP contribution in [0.15, 0.2) is 18.2 Å². The Morgan fingerprint density at radius 1 is 1.28 bits per heavy atom. The summed E-state index contributed by atoms with van der Waals surface area (Å²) in [5.74, 6) is 1.31. The minimum Gasteiger partial charge on any atom is -0.497 e.